The van der Waals surface area contributed by atoms with Crippen molar-refractivity contribution in [3.63, 3.8) is 0 Å². The van der Waals surface area contributed by atoms with Crippen molar-refractivity contribution in [2.24, 2.45) is 0 Å². The minimum absolute atomic E-state index is 0.0192. The third-order valence-corrected chi connectivity index (χ3v) is 7.37. The van der Waals surface area contributed by atoms with Gasteiger partial charge in [0.2, 0.25) is 0 Å². The first-order valence-corrected chi connectivity index (χ1v) is 11.9. The number of ether oxygens (including phenoxy) is 1. The van der Waals surface area contributed by atoms with Crippen molar-refractivity contribution in [3.05, 3.63) is 75.2 Å². The van der Waals surface area contributed by atoms with Crippen LogP contribution in [0.25, 0.3) is 11.3 Å². The van der Waals surface area contributed by atoms with Crippen LogP contribution in [0.5, 0.6) is 0 Å². The minimum atomic E-state index is -4.54. The Bertz CT molecular complexity index is 1390. The highest BCUT2D eigenvalue weighted by Crippen LogP contribution is 2.60. The van der Waals surface area contributed by atoms with Crippen molar-refractivity contribution in [1.82, 2.24) is 9.78 Å². The molecule has 0 spiro atoms. The van der Waals surface area contributed by atoms with Crippen LogP contribution in [-0.4, -0.2) is 34.9 Å². The SMILES string of the molecule is COC(=O)c1ccc(-c2nn(C(=O)c3c(Cl)cccc3C3(C(F)(F)F)CC3)c3c2CCCC3)c(F)c1. The van der Waals surface area contributed by atoms with Gasteiger partial charge in [0.1, 0.15) is 5.82 Å². The van der Waals surface area contributed by atoms with E-state index >= 15 is 4.39 Å². The molecule has 0 amide bonds. The summed E-state index contributed by atoms with van der Waals surface area (Å²) in [6.07, 6.45) is -2.27. The Morgan fingerprint density at radius 3 is 2.47 bits per heavy atom. The maximum Gasteiger partial charge on any atom is 0.398 e. The summed E-state index contributed by atoms with van der Waals surface area (Å²) in [6, 6.07) is 7.89. The number of fused-ring (bicyclic) bond motifs is 1. The first kappa shape index (κ1) is 24.5. The molecule has 3 aromatic rings. The molecular weight excluding hydrogens is 500 g/mol. The van der Waals surface area contributed by atoms with E-state index in [4.69, 9.17) is 11.6 Å². The molecular formula is C26H21ClF4N2O3. The van der Waals surface area contributed by atoms with E-state index in [2.05, 4.69) is 9.84 Å². The number of benzene rings is 2. The van der Waals surface area contributed by atoms with Gasteiger partial charge in [-0.05, 0) is 68.4 Å². The highest BCUT2D eigenvalue weighted by Gasteiger charge is 2.65. The standard InChI is InChI=1S/C26H21ClF4N2O3/c1-36-24(35)14-9-10-15(19(28)13-14)22-16-5-2-3-8-20(16)33(32-22)23(34)21-17(6-4-7-18(21)27)25(11-12-25)26(29,30)31/h4,6-7,9-10,13H,2-3,5,8,11-12H2,1H3. The van der Waals surface area contributed by atoms with Gasteiger partial charge in [-0.3, -0.25) is 4.79 Å². The number of carbonyl (C=O) groups excluding carboxylic acids is 2. The van der Waals surface area contributed by atoms with Gasteiger partial charge in [-0.25, -0.2) is 9.18 Å². The number of hydrogen-bond acceptors (Lipinski definition) is 4. The molecule has 10 heteroatoms. The lowest BCUT2D eigenvalue weighted by atomic mass is 9.90. The van der Waals surface area contributed by atoms with Crippen LogP contribution >= 0.6 is 11.6 Å². The number of methoxy groups -OCH3 is 1. The maximum absolute atomic E-state index is 15.1. The van der Waals surface area contributed by atoms with Gasteiger partial charge >= 0.3 is 12.1 Å². The average Bonchev–Trinajstić information content (AvgIpc) is 3.59. The predicted octanol–water partition coefficient (Wildman–Crippen LogP) is 6.29. The second kappa shape index (κ2) is 8.73. The van der Waals surface area contributed by atoms with Gasteiger partial charge in [0.15, 0.2) is 0 Å². The number of carbonyl (C=O) groups is 2. The summed E-state index contributed by atoms with van der Waals surface area (Å²) in [7, 11) is 1.19. The largest absolute Gasteiger partial charge is 0.465 e. The normalized spacial score (nSPS) is 16.4. The molecule has 188 valence electrons. The van der Waals surface area contributed by atoms with Crippen molar-refractivity contribution < 1.29 is 31.9 Å². The second-order valence-electron chi connectivity index (χ2n) is 9.13. The molecule has 0 atom stereocenters. The Hall–Kier alpha value is -3.20. The molecule has 0 radical (unpaired) electrons. The summed E-state index contributed by atoms with van der Waals surface area (Å²) in [5.41, 5.74) is -1.01. The van der Waals surface area contributed by atoms with Gasteiger partial charge < -0.3 is 4.74 Å². The van der Waals surface area contributed by atoms with Crippen LogP contribution in [0.3, 0.4) is 0 Å². The second-order valence-corrected chi connectivity index (χ2v) is 9.53. The van der Waals surface area contributed by atoms with Crippen molar-refractivity contribution in [2.45, 2.75) is 50.1 Å². The fourth-order valence-electron chi connectivity index (χ4n) is 5.01. The van der Waals surface area contributed by atoms with Gasteiger partial charge in [-0.2, -0.15) is 23.0 Å². The van der Waals surface area contributed by atoms with E-state index < -0.39 is 29.3 Å². The molecule has 1 aromatic heterocycles. The first-order chi connectivity index (χ1) is 17.1. The lowest BCUT2D eigenvalue weighted by molar-refractivity contribution is -0.160. The van der Waals surface area contributed by atoms with E-state index in [0.29, 0.717) is 24.1 Å². The summed E-state index contributed by atoms with van der Waals surface area (Å²) in [6.45, 7) is 0. The van der Waals surface area contributed by atoms with Crippen LogP contribution in [0, 0.1) is 5.82 Å². The minimum Gasteiger partial charge on any atom is -0.465 e. The number of alkyl halides is 3. The van der Waals surface area contributed by atoms with E-state index in [-0.39, 0.29) is 45.8 Å². The van der Waals surface area contributed by atoms with Gasteiger partial charge in [0.25, 0.3) is 5.91 Å². The van der Waals surface area contributed by atoms with Crippen LogP contribution in [0.1, 0.15) is 63.2 Å². The van der Waals surface area contributed by atoms with E-state index in [1.807, 2.05) is 0 Å². The number of hydrogen-bond donors (Lipinski definition) is 0. The van der Waals surface area contributed by atoms with E-state index in [0.717, 1.165) is 23.6 Å². The fraction of sp³-hybridized carbons (Fsp3) is 0.346. The van der Waals surface area contributed by atoms with Crippen LogP contribution in [0.15, 0.2) is 36.4 Å². The van der Waals surface area contributed by atoms with E-state index in [9.17, 15) is 22.8 Å². The highest BCUT2D eigenvalue weighted by atomic mass is 35.5. The lowest BCUT2D eigenvalue weighted by Crippen LogP contribution is -2.32. The van der Waals surface area contributed by atoms with E-state index in [1.54, 1.807) is 0 Å². The summed E-state index contributed by atoms with van der Waals surface area (Å²) < 4.78 is 62.7. The first-order valence-electron chi connectivity index (χ1n) is 11.5. The third kappa shape index (κ3) is 3.80. The number of halogens is 5. The summed E-state index contributed by atoms with van der Waals surface area (Å²) in [5.74, 6) is -2.20. The summed E-state index contributed by atoms with van der Waals surface area (Å²) in [5, 5.41) is 4.32. The Labute approximate surface area is 209 Å². The van der Waals surface area contributed by atoms with E-state index in [1.165, 1.54) is 37.4 Å². The Morgan fingerprint density at radius 2 is 1.83 bits per heavy atom. The van der Waals surface area contributed by atoms with Crippen LogP contribution in [-0.2, 0) is 23.0 Å². The Morgan fingerprint density at radius 1 is 1.11 bits per heavy atom. The summed E-state index contributed by atoms with van der Waals surface area (Å²) >= 11 is 6.32. The maximum atomic E-state index is 15.1. The number of aromatic nitrogens is 2. The Balaban J connectivity index is 1.65. The predicted molar refractivity (Wildman–Crippen MR) is 124 cm³/mol. The molecule has 0 aliphatic heterocycles. The monoisotopic (exact) mass is 520 g/mol. The molecule has 0 unspecified atom stereocenters. The molecule has 1 fully saturated rings. The van der Waals surface area contributed by atoms with Crippen molar-refractivity contribution >= 4 is 23.5 Å². The number of nitrogens with zero attached hydrogens (tertiary/aromatic N) is 2. The van der Waals surface area contributed by atoms with Gasteiger partial charge in [0, 0.05) is 11.1 Å². The fourth-order valence-corrected chi connectivity index (χ4v) is 5.27. The Kier molecular flexibility index (Phi) is 5.94. The smallest absolute Gasteiger partial charge is 0.398 e. The van der Waals surface area contributed by atoms with Gasteiger partial charge in [-0.1, -0.05) is 23.7 Å². The van der Waals surface area contributed by atoms with Gasteiger partial charge in [0.05, 0.1) is 40.1 Å². The molecule has 2 aliphatic rings. The van der Waals surface area contributed by atoms with Crippen LogP contribution in [0.4, 0.5) is 17.6 Å². The zero-order chi connectivity index (χ0) is 25.8. The molecule has 2 aliphatic carbocycles. The van der Waals surface area contributed by atoms with Crippen LogP contribution in [0.2, 0.25) is 5.02 Å². The van der Waals surface area contributed by atoms with Crippen molar-refractivity contribution in [1.29, 1.82) is 0 Å². The molecule has 0 N–H and O–H groups in total. The molecule has 5 nitrogen and oxygen atoms in total. The van der Waals surface area contributed by atoms with Gasteiger partial charge in [-0.15, -0.1) is 0 Å². The highest BCUT2D eigenvalue weighted by molar-refractivity contribution is 6.34. The molecule has 1 heterocycles. The number of rotatable bonds is 4. The van der Waals surface area contributed by atoms with Crippen molar-refractivity contribution in [3.8, 4) is 11.3 Å². The molecule has 1 saturated carbocycles. The number of esters is 1. The molecule has 0 bridgehead atoms. The zero-order valence-corrected chi connectivity index (χ0v) is 20.0. The van der Waals surface area contributed by atoms with Crippen LogP contribution < -0.4 is 0 Å². The lowest BCUT2D eigenvalue weighted by Gasteiger charge is -2.23. The topological polar surface area (TPSA) is 61.2 Å². The quantitative estimate of drug-likeness (QED) is 0.299. The molecule has 36 heavy (non-hydrogen) atoms. The summed E-state index contributed by atoms with van der Waals surface area (Å²) in [4.78, 5) is 25.5. The van der Waals surface area contributed by atoms with Crippen molar-refractivity contribution in [2.75, 3.05) is 7.11 Å². The molecule has 0 saturated heterocycles. The average molecular weight is 521 g/mol. The zero-order valence-electron chi connectivity index (χ0n) is 19.2. The third-order valence-electron chi connectivity index (χ3n) is 7.05. The molecule has 5 rings (SSSR count). The molecule has 2 aromatic carbocycles.